The number of halogens is 2. The van der Waals surface area contributed by atoms with Crippen molar-refractivity contribution in [3.8, 4) is 0 Å². The number of para-hydroxylation sites is 1. The summed E-state index contributed by atoms with van der Waals surface area (Å²) in [5.41, 5.74) is 0.313. The second kappa shape index (κ2) is 5.98. The van der Waals surface area contributed by atoms with Gasteiger partial charge in [-0.15, -0.1) is 0 Å². The molecule has 0 bridgehead atoms. The third-order valence-electron chi connectivity index (χ3n) is 2.92. The Morgan fingerprint density at radius 2 is 2.00 bits per heavy atom. The molecule has 104 valence electrons. The van der Waals surface area contributed by atoms with Gasteiger partial charge in [-0.2, -0.15) is 0 Å². The van der Waals surface area contributed by atoms with Gasteiger partial charge < -0.3 is 5.11 Å². The van der Waals surface area contributed by atoms with Crippen LogP contribution < -0.4 is 0 Å². The highest BCUT2D eigenvalue weighted by molar-refractivity contribution is 6.30. The number of hydrogen-bond donors (Lipinski definition) is 1. The SMILES string of the molecule is O=[N+]([O-])c1ccccc1CC(O)c1ccc(Cl)cc1F. The average molecular weight is 296 g/mol. The molecule has 2 aromatic carbocycles. The molecule has 0 heterocycles. The molecule has 0 saturated carbocycles. The number of nitro groups is 1. The molecule has 0 radical (unpaired) electrons. The number of aliphatic hydroxyl groups is 1. The summed E-state index contributed by atoms with van der Waals surface area (Å²) in [6.45, 7) is 0. The third-order valence-corrected chi connectivity index (χ3v) is 3.16. The van der Waals surface area contributed by atoms with E-state index in [1.54, 1.807) is 6.07 Å². The van der Waals surface area contributed by atoms with Gasteiger partial charge in [-0.25, -0.2) is 4.39 Å². The average Bonchev–Trinajstić information content (AvgIpc) is 2.38. The number of nitro benzene ring substituents is 1. The number of aliphatic hydroxyl groups excluding tert-OH is 1. The second-order valence-electron chi connectivity index (χ2n) is 4.27. The molecule has 0 aliphatic rings. The summed E-state index contributed by atoms with van der Waals surface area (Å²) < 4.78 is 13.7. The first kappa shape index (κ1) is 14.4. The Morgan fingerprint density at radius 1 is 1.30 bits per heavy atom. The third kappa shape index (κ3) is 3.12. The molecule has 4 nitrogen and oxygen atoms in total. The van der Waals surface area contributed by atoms with Crippen LogP contribution in [0, 0.1) is 15.9 Å². The first-order chi connectivity index (χ1) is 9.49. The maximum atomic E-state index is 13.7. The van der Waals surface area contributed by atoms with Crippen molar-refractivity contribution in [1.82, 2.24) is 0 Å². The van der Waals surface area contributed by atoms with Crippen molar-refractivity contribution in [1.29, 1.82) is 0 Å². The van der Waals surface area contributed by atoms with Crippen LogP contribution in [0.5, 0.6) is 0 Å². The summed E-state index contributed by atoms with van der Waals surface area (Å²) in [6.07, 6.45) is -1.22. The van der Waals surface area contributed by atoms with Crippen LogP contribution in [0.15, 0.2) is 42.5 Å². The molecule has 2 aromatic rings. The van der Waals surface area contributed by atoms with Gasteiger partial charge in [-0.05, 0) is 12.1 Å². The minimum atomic E-state index is -1.17. The van der Waals surface area contributed by atoms with Crippen molar-refractivity contribution < 1.29 is 14.4 Å². The van der Waals surface area contributed by atoms with Gasteiger partial charge in [0.05, 0.1) is 11.0 Å². The second-order valence-corrected chi connectivity index (χ2v) is 4.71. The summed E-state index contributed by atoms with van der Waals surface area (Å²) in [5, 5.41) is 21.2. The summed E-state index contributed by atoms with van der Waals surface area (Å²) in [6, 6.07) is 9.98. The normalized spacial score (nSPS) is 12.2. The van der Waals surface area contributed by atoms with Crippen LogP contribution in [0.25, 0.3) is 0 Å². The minimum absolute atomic E-state index is 0.0459. The smallest absolute Gasteiger partial charge is 0.272 e. The fraction of sp³-hybridized carbons (Fsp3) is 0.143. The van der Waals surface area contributed by atoms with Gasteiger partial charge >= 0.3 is 0 Å². The summed E-state index contributed by atoms with van der Waals surface area (Å²) >= 11 is 5.64. The molecule has 1 atom stereocenters. The van der Waals surface area contributed by atoms with E-state index in [4.69, 9.17) is 11.6 Å². The minimum Gasteiger partial charge on any atom is -0.388 e. The van der Waals surface area contributed by atoms with Crippen molar-refractivity contribution >= 4 is 17.3 Å². The number of rotatable bonds is 4. The first-order valence-electron chi connectivity index (χ1n) is 5.84. The highest BCUT2D eigenvalue weighted by Crippen LogP contribution is 2.27. The Kier molecular flexibility index (Phi) is 4.32. The van der Waals surface area contributed by atoms with E-state index in [1.165, 1.54) is 30.3 Å². The molecule has 0 saturated heterocycles. The maximum absolute atomic E-state index is 13.7. The lowest BCUT2D eigenvalue weighted by molar-refractivity contribution is -0.385. The van der Waals surface area contributed by atoms with E-state index in [-0.39, 0.29) is 22.7 Å². The van der Waals surface area contributed by atoms with Gasteiger partial charge in [0.15, 0.2) is 0 Å². The van der Waals surface area contributed by atoms with Crippen LogP contribution in [0.1, 0.15) is 17.2 Å². The number of benzene rings is 2. The maximum Gasteiger partial charge on any atom is 0.272 e. The van der Waals surface area contributed by atoms with Crippen LogP contribution in [0.4, 0.5) is 10.1 Å². The Hall–Kier alpha value is -1.98. The molecule has 0 spiro atoms. The molecule has 0 aliphatic carbocycles. The van der Waals surface area contributed by atoms with Gasteiger partial charge in [-0.3, -0.25) is 10.1 Å². The zero-order valence-corrected chi connectivity index (χ0v) is 11.0. The fourth-order valence-electron chi connectivity index (χ4n) is 1.95. The van der Waals surface area contributed by atoms with E-state index in [1.807, 2.05) is 0 Å². The molecule has 0 aromatic heterocycles. The standard InChI is InChI=1S/C14H11ClFNO3/c15-10-5-6-11(12(16)8-10)14(18)7-9-3-1-2-4-13(9)17(19)20/h1-6,8,14,18H,7H2. The van der Waals surface area contributed by atoms with Gasteiger partial charge in [0, 0.05) is 28.6 Å². The summed E-state index contributed by atoms with van der Waals surface area (Å²) in [5.74, 6) is -0.636. The summed E-state index contributed by atoms with van der Waals surface area (Å²) in [7, 11) is 0. The predicted octanol–water partition coefficient (Wildman–Crippen LogP) is 3.66. The number of hydrogen-bond acceptors (Lipinski definition) is 3. The molecule has 6 heteroatoms. The van der Waals surface area contributed by atoms with Crippen molar-refractivity contribution in [3.63, 3.8) is 0 Å². The molecule has 0 fully saturated rings. The van der Waals surface area contributed by atoms with E-state index >= 15 is 0 Å². The van der Waals surface area contributed by atoms with E-state index in [0.717, 1.165) is 6.07 Å². The van der Waals surface area contributed by atoms with E-state index in [0.29, 0.717) is 5.56 Å². The van der Waals surface area contributed by atoms with E-state index in [2.05, 4.69) is 0 Å². The quantitative estimate of drug-likeness (QED) is 0.691. The van der Waals surface area contributed by atoms with Gasteiger partial charge in [-0.1, -0.05) is 35.9 Å². The highest BCUT2D eigenvalue weighted by atomic mass is 35.5. The predicted molar refractivity (Wildman–Crippen MR) is 73.2 cm³/mol. The lowest BCUT2D eigenvalue weighted by Crippen LogP contribution is -2.06. The Balaban J connectivity index is 2.28. The molecular formula is C14H11ClFNO3. The molecular weight excluding hydrogens is 285 g/mol. The van der Waals surface area contributed by atoms with Gasteiger partial charge in [0.1, 0.15) is 5.82 Å². The van der Waals surface area contributed by atoms with Crippen LogP contribution >= 0.6 is 11.6 Å². The Bertz CT molecular complexity index is 648. The van der Waals surface area contributed by atoms with Crippen molar-refractivity contribution in [2.24, 2.45) is 0 Å². The van der Waals surface area contributed by atoms with Crippen molar-refractivity contribution in [2.75, 3.05) is 0 Å². The largest absolute Gasteiger partial charge is 0.388 e. The Morgan fingerprint density at radius 3 is 2.65 bits per heavy atom. The Labute approximate surface area is 119 Å². The molecule has 20 heavy (non-hydrogen) atoms. The molecule has 0 aliphatic heterocycles. The van der Waals surface area contributed by atoms with E-state index in [9.17, 15) is 19.6 Å². The zero-order valence-electron chi connectivity index (χ0n) is 10.3. The van der Waals surface area contributed by atoms with Crippen LogP contribution in [-0.2, 0) is 6.42 Å². The van der Waals surface area contributed by atoms with Gasteiger partial charge in [0.2, 0.25) is 0 Å². The summed E-state index contributed by atoms with van der Waals surface area (Å²) in [4.78, 5) is 10.4. The van der Waals surface area contributed by atoms with Crippen LogP contribution in [0.3, 0.4) is 0 Å². The van der Waals surface area contributed by atoms with E-state index < -0.39 is 16.8 Å². The van der Waals surface area contributed by atoms with Crippen LogP contribution in [0.2, 0.25) is 5.02 Å². The molecule has 0 amide bonds. The zero-order chi connectivity index (χ0) is 14.7. The molecule has 1 unspecified atom stereocenters. The first-order valence-corrected chi connectivity index (χ1v) is 6.22. The lowest BCUT2D eigenvalue weighted by Gasteiger charge is -2.12. The fourth-order valence-corrected chi connectivity index (χ4v) is 2.11. The number of nitrogens with zero attached hydrogens (tertiary/aromatic N) is 1. The van der Waals surface area contributed by atoms with Gasteiger partial charge in [0.25, 0.3) is 5.69 Å². The van der Waals surface area contributed by atoms with Crippen molar-refractivity contribution in [3.05, 3.63) is 74.5 Å². The topological polar surface area (TPSA) is 63.4 Å². The van der Waals surface area contributed by atoms with Crippen molar-refractivity contribution in [2.45, 2.75) is 12.5 Å². The monoisotopic (exact) mass is 295 g/mol. The molecule has 2 rings (SSSR count). The molecule has 1 N–H and O–H groups in total. The highest BCUT2D eigenvalue weighted by Gasteiger charge is 2.19. The lowest BCUT2D eigenvalue weighted by atomic mass is 10.00. The van der Waals surface area contributed by atoms with Crippen LogP contribution in [-0.4, -0.2) is 10.0 Å².